The summed E-state index contributed by atoms with van der Waals surface area (Å²) in [5, 5.41) is 21.5. The van der Waals surface area contributed by atoms with E-state index >= 15 is 0 Å². The van der Waals surface area contributed by atoms with Gasteiger partial charge in [-0.25, -0.2) is 0 Å². The molecule has 0 atom stereocenters. The lowest BCUT2D eigenvalue weighted by molar-refractivity contribution is 1.07. The van der Waals surface area contributed by atoms with Crippen LogP contribution in [0.1, 0.15) is 11.1 Å². The maximum absolute atomic E-state index is 9.31. The normalized spacial score (nSPS) is 12.1. The minimum atomic E-state index is 0.435. The fourth-order valence-corrected chi connectivity index (χ4v) is 10.7. The second-order valence-electron chi connectivity index (χ2n) is 15.7. The van der Waals surface area contributed by atoms with E-state index in [1.54, 1.807) is 0 Å². The third kappa shape index (κ3) is 5.68. The van der Waals surface area contributed by atoms with E-state index in [1.165, 1.54) is 85.5 Å². The predicted molar refractivity (Wildman–Crippen MR) is 263 cm³/mol. The lowest BCUT2D eigenvalue weighted by atomic mass is 9.94. The first-order valence-corrected chi connectivity index (χ1v) is 21.5. The standard InChI is InChI=1S/C57H37N3S/c58-49(39-18-6-2-7-19-39)35-50(40-20-8-3-9-21-40)59-60-55-46-26-14-11-23-43(46)42-22-10-12-24-44(42)53(55)54-56(60)47-27-15-13-25-45(47)52-48-34-41(32-33-51(48)61-57(52)54)38-30-28-37(29-31-38)36-16-4-1-5-17-36/h1-35,58-59H/b50-35-,58-49?. The molecule has 0 amide bonds. The summed E-state index contributed by atoms with van der Waals surface area (Å²) in [4.78, 5) is 0. The van der Waals surface area contributed by atoms with E-state index in [0.29, 0.717) is 5.71 Å². The molecule has 61 heavy (non-hydrogen) atoms. The van der Waals surface area contributed by atoms with E-state index in [0.717, 1.165) is 27.9 Å². The molecule has 0 unspecified atom stereocenters. The summed E-state index contributed by atoms with van der Waals surface area (Å²) in [5.41, 5.74) is 14.2. The van der Waals surface area contributed by atoms with Gasteiger partial charge in [0, 0.05) is 41.7 Å². The maximum Gasteiger partial charge on any atom is 0.0803 e. The summed E-state index contributed by atoms with van der Waals surface area (Å²) in [5.74, 6) is 0. The Morgan fingerprint density at radius 1 is 0.410 bits per heavy atom. The van der Waals surface area contributed by atoms with Crippen molar-refractivity contribution in [2.75, 3.05) is 5.43 Å². The highest BCUT2D eigenvalue weighted by molar-refractivity contribution is 7.27. The van der Waals surface area contributed by atoms with Crippen LogP contribution in [0, 0.1) is 5.41 Å². The quantitative estimate of drug-likeness (QED) is 0.122. The first-order valence-electron chi connectivity index (χ1n) is 20.7. The van der Waals surface area contributed by atoms with Gasteiger partial charge in [0.1, 0.15) is 0 Å². The van der Waals surface area contributed by atoms with Crippen molar-refractivity contribution in [3.8, 4) is 22.3 Å². The van der Waals surface area contributed by atoms with Gasteiger partial charge in [0.15, 0.2) is 0 Å². The SMILES string of the molecule is N=C(/C=C(\Nn1c2c3ccccc3c3ccccc3c2c2c3sc4ccc(-c5ccc(-c6ccccc6)cc5)cc4c3c3ccccc3c21)c1ccccc1)c1ccccc1. The Morgan fingerprint density at radius 3 is 1.52 bits per heavy atom. The Morgan fingerprint density at radius 2 is 0.869 bits per heavy atom. The van der Waals surface area contributed by atoms with Crippen molar-refractivity contribution < 1.29 is 0 Å². The molecule has 0 saturated heterocycles. The van der Waals surface area contributed by atoms with Gasteiger partial charge in [0.2, 0.25) is 0 Å². The summed E-state index contributed by atoms with van der Waals surface area (Å²) in [6, 6.07) is 73.5. The highest BCUT2D eigenvalue weighted by Gasteiger charge is 2.25. The molecule has 4 heteroatoms. The zero-order chi connectivity index (χ0) is 40.4. The monoisotopic (exact) mass is 795 g/mol. The van der Waals surface area contributed by atoms with Crippen molar-refractivity contribution in [2.45, 2.75) is 0 Å². The number of aromatic nitrogens is 1. The van der Waals surface area contributed by atoms with Crippen molar-refractivity contribution in [1.29, 1.82) is 5.41 Å². The molecule has 0 aliphatic heterocycles. The van der Waals surface area contributed by atoms with Gasteiger partial charge < -0.3 is 5.41 Å². The summed E-state index contributed by atoms with van der Waals surface area (Å²) < 4.78 is 4.87. The van der Waals surface area contributed by atoms with Crippen LogP contribution in [0.2, 0.25) is 0 Å². The summed E-state index contributed by atoms with van der Waals surface area (Å²) in [6.07, 6.45) is 1.97. The van der Waals surface area contributed by atoms with Crippen molar-refractivity contribution >= 4 is 97.0 Å². The molecule has 0 aliphatic carbocycles. The van der Waals surface area contributed by atoms with Gasteiger partial charge in [0.25, 0.3) is 0 Å². The van der Waals surface area contributed by atoms with E-state index < -0.39 is 0 Å². The molecule has 0 aliphatic rings. The lowest BCUT2D eigenvalue weighted by Crippen LogP contribution is -2.15. The lowest BCUT2D eigenvalue weighted by Gasteiger charge is -2.18. The van der Waals surface area contributed by atoms with Gasteiger partial charge in [-0.1, -0.05) is 194 Å². The number of hydrogen-bond donors (Lipinski definition) is 2. The Labute approximate surface area is 356 Å². The molecule has 12 aromatic rings. The average Bonchev–Trinajstić information content (AvgIpc) is 3.89. The number of thiophene rings is 1. The van der Waals surface area contributed by atoms with E-state index in [9.17, 15) is 5.41 Å². The summed E-state index contributed by atoms with van der Waals surface area (Å²) in [6.45, 7) is 0. The largest absolute Gasteiger partial charge is 0.300 e. The van der Waals surface area contributed by atoms with Crippen LogP contribution in [-0.2, 0) is 0 Å². The van der Waals surface area contributed by atoms with E-state index in [-0.39, 0.29) is 0 Å². The number of allylic oxidation sites excluding steroid dienone is 1. The average molecular weight is 796 g/mol. The minimum Gasteiger partial charge on any atom is -0.300 e. The zero-order valence-corrected chi connectivity index (χ0v) is 33.9. The third-order valence-electron chi connectivity index (χ3n) is 12.2. The fourth-order valence-electron chi connectivity index (χ4n) is 9.42. The van der Waals surface area contributed by atoms with Crippen LogP contribution in [-0.4, -0.2) is 10.4 Å². The topological polar surface area (TPSA) is 40.8 Å². The number of nitrogens with zero attached hydrogens (tertiary/aromatic N) is 1. The van der Waals surface area contributed by atoms with Crippen LogP contribution in [0.5, 0.6) is 0 Å². The van der Waals surface area contributed by atoms with Crippen LogP contribution in [0.15, 0.2) is 212 Å². The molecule has 0 radical (unpaired) electrons. The minimum absolute atomic E-state index is 0.435. The molecule has 2 N–H and O–H groups in total. The molecule has 2 heterocycles. The molecule has 0 saturated carbocycles. The van der Waals surface area contributed by atoms with Gasteiger partial charge >= 0.3 is 0 Å². The molecule has 0 spiro atoms. The van der Waals surface area contributed by atoms with Gasteiger partial charge in [-0.15, -0.1) is 11.3 Å². The Hall–Kier alpha value is -7.79. The third-order valence-corrected chi connectivity index (χ3v) is 13.4. The molecule has 286 valence electrons. The number of nitrogens with one attached hydrogen (secondary N) is 2. The summed E-state index contributed by atoms with van der Waals surface area (Å²) >= 11 is 1.89. The first-order chi connectivity index (χ1) is 30.2. The molecule has 2 aromatic heterocycles. The van der Waals surface area contributed by atoms with Crippen LogP contribution >= 0.6 is 11.3 Å². The Bertz CT molecular complexity index is 3710. The molecule has 12 rings (SSSR count). The fraction of sp³-hybridized carbons (Fsp3) is 0. The van der Waals surface area contributed by atoms with Crippen molar-refractivity contribution in [3.05, 3.63) is 223 Å². The molecule has 10 aromatic carbocycles. The second kappa shape index (κ2) is 14.2. The second-order valence-corrected chi connectivity index (χ2v) is 16.7. The van der Waals surface area contributed by atoms with Crippen LogP contribution in [0.3, 0.4) is 0 Å². The van der Waals surface area contributed by atoms with Crippen LogP contribution in [0.25, 0.3) is 102 Å². The Kier molecular flexibility index (Phi) is 8.19. The zero-order valence-electron chi connectivity index (χ0n) is 33.1. The summed E-state index contributed by atoms with van der Waals surface area (Å²) in [7, 11) is 0. The van der Waals surface area contributed by atoms with Gasteiger partial charge in [-0.05, 0) is 73.1 Å². The molecule has 0 fully saturated rings. The van der Waals surface area contributed by atoms with Crippen molar-refractivity contribution in [1.82, 2.24) is 4.68 Å². The van der Waals surface area contributed by atoms with Gasteiger partial charge in [-0.2, -0.15) is 0 Å². The van der Waals surface area contributed by atoms with E-state index in [2.05, 4.69) is 180 Å². The van der Waals surface area contributed by atoms with Gasteiger partial charge in [0.05, 0.1) is 22.4 Å². The number of fused-ring (bicyclic) bond motifs is 15. The highest BCUT2D eigenvalue weighted by Crippen LogP contribution is 2.50. The number of hydrogen-bond acceptors (Lipinski definition) is 3. The molecular weight excluding hydrogens is 759 g/mol. The highest BCUT2D eigenvalue weighted by atomic mass is 32.1. The molecular formula is C57H37N3S. The smallest absolute Gasteiger partial charge is 0.0803 e. The van der Waals surface area contributed by atoms with E-state index in [1.807, 2.05) is 53.8 Å². The van der Waals surface area contributed by atoms with Gasteiger partial charge in [-0.3, -0.25) is 10.1 Å². The molecule has 3 nitrogen and oxygen atoms in total. The van der Waals surface area contributed by atoms with E-state index in [4.69, 9.17) is 0 Å². The number of benzene rings is 10. The van der Waals surface area contributed by atoms with Crippen molar-refractivity contribution in [2.24, 2.45) is 0 Å². The Balaban J connectivity index is 1.18. The van der Waals surface area contributed by atoms with Crippen LogP contribution in [0.4, 0.5) is 0 Å². The maximum atomic E-state index is 9.31. The molecule has 0 bridgehead atoms. The predicted octanol–water partition coefficient (Wildman–Crippen LogP) is 15.6. The first kappa shape index (κ1) is 35.2. The van der Waals surface area contributed by atoms with Crippen molar-refractivity contribution in [3.63, 3.8) is 0 Å². The number of rotatable bonds is 7. The van der Waals surface area contributed by atoms with Crippen LogP contribution < -0.4 is 5.43 Å².